The summed E-state index contributed by atoms with van der Waals surface area (Å²) in [4.78, 5) is 82.4. The maximum Gasteiger partial charge on any atom is 0.336 e. The van der Waals surface area contributed by atoms with Crippen LogP contribution in [-0.4, -0.2) is 207 Å². The Hall–Kier alpha value is -3.66. The molecule has 1 aromatic rings. The number of ether oxygens (including phenoxy) is 15. The minimum atomic E-state index is -1.06. The van der Waals surface area contributed by atoms with E-state index < -0.39 is 90.1 Å². The van der Waals surface area contributed by atoms with Gasteiger partial charge in [-0.3, -0.25) is 14.4 Å². The third-order valence-corrected chi connectivity index (χ3v) is 13.7. The fourth-order valence-electron chi connectivity index (χ4n) is 7.54. The Morgan fingerprint density at radius 3 is 0.917 bits per heavy atom. The van der Waals surface area contributed by atoms with Gasteiger partial charge in [0.25, 0.3) is 0 Å². The molecule has 6 aliphatic heterocycles. The molecule has 24 nitrogen and oxygen atoms in total. The number of carbonyl (C=O) groups is 3. The van der Waals surface area contributed by atoms with Gasteiger partial charge >= 0.3 is 35.0 Å². The van der Waals surface area contributed by atoms with Gasteiger partial charge in [-0.2, -0.15) is 0 Å². The Morgan fingerprint density at radius 1 is 0.431 bits per heavy atom. The summed E-state index contributed by atoms with van der Waals surface area (Å²) in [5, 5.41) is 0. The van der Waals surface area contributed by atoms with Gasteiger partial charge < -0.3 is 71.1 Å². The summed E-state index contributed by atoms with van der Waals surface area (Å²) in [6.45, 7) is 11.4. The zero-order chi connectivity index (χ0) is 51.0. The normalized spacial score (nSPS) is 24.3. The van der Waals surface area contributed by atoms with Crippen molar-refractivity contribution < 1.29 is 85.4 Å². The summed E-state index contributed by atoms with van der Waals surface area (Å²) < 4.78 is 86.6. The number of hydrogen-bond donors (Lipinski definition) is 0. The second-order valence-corrected chi connectivity index (χ2v) is 19.9. The highest BCUT2D eigenvalue weighted by molar-refractivity contribution is 5.70. The first kappa shape index (κ1) is 56.1. The number of nitrogens with zero attached hydrogens (tertiary/aromatic N) is 3. The van der Waals surface area contributed by atoms with Gasteiger partial charge in [-0.1, -0.05) is 20.8 Å². The number of esters is 3. The SMILES string of the molecule is CCC(COCC1CO1)(COCC1CO1)COC(=O)CCn1c(=O)n(CCC(=O)OCC(CC)(COCC2CO2)COCC2CO2)c(=O)n(CCC(=O)OCC(CC)(COCC2CO2)COC2COC2)c1=O. The third kappa shape index (κ3) is 18.3. The van der Waals surface area contributed by atoms with E-state index in [1.165, 1.54) is 0 Å². The van der Waals surface area contributed by atoms with Crippen LogP contribution >= 0.6 is 0 Å². The summed E-state index contributed by atoms with van der Waals surface area (Å²) in [5.41, 5.74) is -5.30. The van der Waals surface area contributed by atoms with Gasteiger partial charge in [0.1, 0.15) is 56.4 Å². The van der Waals surface area contributed by atoms with Gasteiger partial charge in [-0.25, -0.2) is 28.1 Å². The molecular formula is C48H75N3O21. The lowest BCUT2D eigenvalue weighted by atomic mass is 9.88. The van der Waals surface area contributed by atoms with Gasteiger partial charge in [0.05, 0.1) is 154 Å². The van der Waals surface area contributed by atoms with Crippen molar-refractivity contribution in [3.63, 3.8) is 0 Å². The molecule has 0 N–H and O–H groups in total. The second kappa shape index (κ2) is 27.2. The number of hydrogen-bond acceptors (Lipinski definition) is 21. The van der Waals surface area contributed by atoms with Crippen molar-refractivity contribution in [2.75, 3.05) is 139 Å². The number of carbonyl (C=O) groups excluding carboxylic acids is 3. The van der Waals surface area contributed by atoms with Crippen molar-refractivity contribution >= 4 is 17.9 Å². The van der Waals surface area contributed by atoms with Crippen LogP contribution in [0.2, 0.25) is 0 Å². The molecule has 0 bridgehead atoms. The van der Waals surface area contributed by atoms with Crippen LogP contribution in [0, 0.1) is 16.2 Å². The molecule has 72 heavy (non-hydrogen) atoms. The molecular weight excluding hydrogens is 955 g/mol. The lowest BCUT2D eigenvalue weighted by Gasteiger charge is -2.35. The molecule has 6 unspecified atom stereocenters. The van der Waals surface area contributed by atoms with E-state index in [0.717, 1.165) is 13.7 Å². The standard InChI is InChI=1S/C48H75N3O21/c1-4-46(25-59-15-35-20-64-35,26-60-16-36-21-65-36)31-70-40(52)7-10-49-43(55)50(11-8-41(53)71-32-47(5-2,27-61-17-37-22-66-37)28-62-18-38-23-67-38)45(57)51(44(49)56)12-9-42(54)72-33-48(6-3,29-63-19-39-24-68-39)30-69-34-13-58-14-34/h34-39H,4-33H2,1-3H3. The van der Waals surface area contributed by atoms with Crippen LogP contribution in [0.15, 0.2) is 14.4 Å². The van der Waals surface area contributed by atoms with Crippen molar-refractivity contribution in [2.24, 2.45) is 16.2 Å². The van der Waals surface area contributed by atoms with Gasteiger partial charge in [-0.15, -0.1) is 0 Å². The molecule has 6 fully saturated rings. The van der Waals surface area contributed by atoms with Crippen LogP contribution < -0.4 is 17.1 Å². The highest BCUT2D eigenvalue weighted by atomic mass is 16.6. The Morgan fingerprint density at radius 2 is 0.694 bits per heavy atom. The Balaban J connectivity index is 1.01. The van der Waals surface area contributed by atoms with E-state index in [0.29, 0.717) is 98.5 Å². The minimum Gasteiger partial charge on any atom is -0.465 e. The van der Waals surface area contributed by atoms with Crippen molar-refractivity contribution in [1.82, 2.24) is 13.7 Å². The first-order chi connectivity index (χ1) is 34.9. The fourth-order valence-corrected chi connectivity index (χ4v) is 7.54. The Kier molecular flexibility index (Phi) is 21.2. The average Bonchev–Trinajstić information content (AvgIpc) is 4.13. The van der Waals surface area contributed by atoms with Crippen molar-refractivity contribution in [2.45, 2.75) is 116 Å². The highest BCUT2D eigenvalue weighted by Gasteiger charge is 2.38. The molecule has 7 rings (SSSR count). The number of rotatable bonds is 41. The lowest BCUT2D eigenvalue weighted by molar-refractivity contribution is -0.170. The molecule has 0 saturated carbocycles. The third-order valence-electron chi connectivity index (χ3n) is 13.7. The quantitative estimate of drug-likeness (QED) is 0.0461. The predicted molar refractivity (Wildman–Crippen MR) is 247 cm³/mol. The smallest absolute Gasteiger partial charge is 0.336 e. The molecule has 0 aromatic carbocycles. The van der Waals surface area contributed by atoms with Crippen molar-refractivity contribution in [3.05, 3.63) is 31.5 Å². The minimum absolute atomic E-state index is 0.0245. The maximum atomic E-state index is 14.1. The van der Waals surface area contributed by atoms with Crippen LogP contribution in [0.25, 0.3) is 0 Å². The Labute approximate surface area is 418 Å². The first-order valence-electron chi connectivity index (χ1n) is 25.4. The molecule has 0 amide bonds. The molecule has 1 aromatic heterocycles. The van der Waals surface area contributed by atoms with Crippen molar-refractivity contribution in [1.29, 1.82) is 0 Å². The zero-order valence-electron chi connectivity index (χ0n) is 42.1. The summed E-state index contributed by atoms with van der Waals surface area (Å²) in [5.74, 6) is -2.18. The number of epoxide rings is 5. The van der Waals surface area contributed by atoms with Gasteiger partial charge in [0, 0.05) is 19.6 Å². The number of aromatic nitrogens is 3. The second-order valence-electron chi connectivity index (χ2n) is 19.9. The lowest BCUT2D eigenvalue weighted by Crippen LogP contribution is -2.55. The molecule has 408 valence electrons. The summed E-state index contributed by atoms with van der Waals surface area (Å²) >= 11 is 0. The fraction of sp³-hybridized carbons (Fsp3) is 0.875. The molecule has 6 saturated heterocycles. The first-order valence-corrected chi connectivity index (χ1v) is 25.4. The molecule has 0 spiro atoms. The van der Waals surface area contributed by atoms with Crippen LogP contribution in [0.1, 0.15) is 59.3 Å². The molecule has 0 radical (unpaired) electrons. The summed E-state index contributed by atoms with van der Waals surface area (Å²) in [6, 6.07) is 0. The van der Waals surface area contributed by atoms with Gasteiger partial charge in [-0.05, 0) is 19.3 Å². The van der Waals surface area contributed by atoms with Gasteiger partial charge in [0.15, 0.2) is 0 Å². The topological polar surface area (TPSA) is 272 Å². The zero-order valence-corrected chi connectivity index (χ0v) is 42.1. The molecule has 7 heterocycles. The largest absolute Gasteiger partial charge is 0.465 e. The Bertz CT molecular complexity index is 1930. The van der Waals surface area contributed by atoms with E-state index in [1.807, 2.05) is 20.8 Å². The van der Waals surface area contributed by atoms with E-state index >= 15 is 0 Å². The molecule has 0 aliphatic carbocycles. The van der Waals surface area contributed by atoms with Crippen LogP contribution in [0.3, 0.4) is 0 Å². The molecule has 6 aliphatic rings. The summed E-state index contributed by atoms with van der Waals surface area (Å²) in [7, 11) is 0. The molecule has 6 atom stereocenters. The molecule has 24 heteroatoms. The highest BCUT2D eigenvalue weighted by Crippen LogP contribution is 2.29. The summed E-state index contributed by atoms with van der Waals surface area (Å²) in [6.07, 6.45) is 0.356. The van der Waals surface area contributed by atoms with E-state index in [-0.39, 0.29) is 96.1 Å². The van der Waals surface area contributed by atoms with Crippen LogP contribution in [-0.2, 0) is 105 Å². The van der Waals surface area contributed by atoms with E-state index in [1.54, 1.807) is 0 Å². The monoisotopic (exact) mass is 1030 g/mol. The van der Waals surface area contributed by atoms with Crippen LogP contribution in [0.5, 0.6) is 0 Å². The van der Waals surface area contributed by atoms with Gasteiger partial charge in [0.2, 0.25) is 0 Å². The maximum absolute atomic E-state index is 14.1. The van der Waals surface area contributed by atoms with Crippen LogP contribution in [0.4, 0.5) is 0 Å². The van der Waals surface area contributed by atoms with Crippen molar-refractivity contribution in [3.8, 4) is 0 Å². The van der Waals surface area contributed by atoms with E-state index in [4.69, 9.17) is 71.1 Å². The predicted octanol–water partition coefficient (Wildman–Crippen LogP) is -0.347. The van der Waals surface area contributed by atoms with E-state index in [2.05, 4.69) is 0 Å². The van der Waals surface area contributed by atoms with E-state index in [9.17, 15) is 28.8 Å². The average molecular weight is 1030 g/mol.